The highest BCUT2D eigenvalue weighted by molar-refractivity contribution is 8.00. The van der Waals surface area contributed by atoms with Gasteiger partial charge in [0, 0.05) is 85.6 Å². The SMILES string of the molecule is COCOc1ccc(C2(C)CSc3cc(OCOC)ccc3C2CCCCOCCCCSCCCC(F)(F)C(F)(F)F)cc1.C[C@]1(c2ccc(O)cc2)CSc2cc(O)ccc2[C@H]1CCCCOCCCCSCCCC(F)(F)C(F)(F)F.Cl.N/N=N/N=N/N. The van der Waals surface area contributed by atoms with Gasteiger partial charge in [-0.1, -0.05) is 73.5 Å². The van der Waals surface area contributed by atoms with Crippen LogP contribution in [0.1, 0.15) is 138 Å². The van der Waals surface area contributed by atoms with E-state index in [2.05, 4.69) is 70.7 Å². The van der Waals surface area contributed by atoms with Gasteiger partial charge in [-0.25, -0.2) is 0 Å². The normalized spacial score (nSPS) is 18.4. The zero-order valence-corrected chi connectivity index (χ0v) is 55.8. The second-order valence-corrected chi connectivity index (χ2v) is 26.5. The Hall–Kier alpha value is -4.29. The Kier molecular flexibility index (Phi) is 36.9. The van der Waals surface area contributed by atoms with Gasteiger partial charge in [0.05, 0.1) is 0 Å². The van der Waals surface area contributed by atoms with Crippen LogP contribution in [-0.4, -0.2) is 123 Å². The van der Waals surface area contributed by atoms with Gasteiger partial charge in [0.25, 0.3) is 0 Å². The molecule has 0 spiro atoms. The Bertz CT molecular complexity index is 2710. The van der Waals surface area contributed by atoms with Gasteiger partial charge in [-0.15, -0.1) is 35.9 Å². The van der Waals surface area contributed by atoms with E-state index in [4.69, 9.17) is 28.4 Å². The lowest BCUT2D eigenvalue weighted by molar-refractivity contribution is -0.284. The maximum atomic E-state index is 13.0. The molecule has 0 bridgehead atoms. The van der Waals surface area contributed by atoms with Crippen LogP contribution in [0.3, 0.4) is 0 Å². The van der Waals surface area contributed by atoms with Crippen LogP contribution in [0.2, 0.25) is 0 Å². The van der Waals surface area contributed by atoms with Crippen molar-refractivity contribution in [2.45, 2.75) is 160 Å². The minimum atomic E-state index is -5.47. The molecule has 14 nitrogen and oxygen atoms in total. The molecule has 0 saturated heterocycles. The number of ether oxygens (including phenoxy) is 6. The van der Waals surface area contributed by atoms with Crippen molar-refractivity contribution in [3.05, 3.63) is 107 Å². The lowest BCUT2D eigenvalue weighted by Crippen LogP contribution is -2.36. The smallest absolute Gasteiger partial charge is 0.453 e. The molecule has 2 heterocycles. The van der Waals surface area contributed by atoms with E-state index in [0.717, 1.165) is 97.9 Å². The van der Waals surface area contributed by atoms with Crippen molar-refractivity contribution in [1.29, 1.82) is 0 Å². The number of hydrogen-bond donors (Lipinski definition) is 4. The van der Waals surface area contributed by atoms with Gasteiger partial charge in [0.1, 0.15) is 23.0 Å². The second-order valence-electron chi connectivity index (χ2n) is 22.0. The first-order valence-electron chi connectivity index (χ1n) is 29.6. The monoisotopic (exact) mass is 1400 g/mol. The van der Waals surface area contributed by atoms with Crippen LogP contribution in [0.25, 0.3) is 0 Å². The summed E-state index contributed by atoms with van der Waals surface area (Å²) in [6.45, 7) is 7.51. The average molecular weight is 1400 g/mol. The molecule has 6 N–H and O–H groups in total. The summed E-state index contributed by atoms with van der Waals surface area (Å²) in [6, 6.07) is 27.6. The van der Waals surface area contributed by atoms with Gasteiger partial charge >= 0.3 is 24.2 Å². The highest BCUT2D eigenvalue weighted by atomic mass is 35.5. The lowest BCUT2D eigenvalue weighted by atomic mass is 9.68. The molecule has 0 aliphatic carbocycles. The molecule has 4 atom stereocenters. The van der Waals surface area contributed by atoms with Crippen molar-refractivity contribution in [1.82, 2.24) is 0 Å². The van der Waals surface area contributed by atoms with E-state index in [0.29, 0.717) is 43.9 Å². The molecule has 514 valence electrons. The summed E-state index contributed by atoms with van der Waals surface area (Å²) in [6.07, 6.45) is -4.49. The number of halogens is 11. The number of phenolic OH excluding ortho intramolecular Hbond substituents is 2. The standard InChI is InChI=1S/C33H45F5O5S2.C29H37F5O3S2.ClH.H4N6/c1-31(25-10-12-26(13-11-25)42-23-39-2)22-45-30-21-27(43-24-40-3)14-15-28(30)29(31)9-4-5-17-41-18-6-7-19-44-20-8-16-32(34,35)33(36,37)38;1-27(21-8-10-22(35)11-9-21)20-39-26-19-23(36)12-13-24(26)25(27)7-2-3-15-37-16-4-5-17-38-18-6-14-28(30,31)29(32,33)34;;1-3-5-6-4-2/h10-15,21,29H,4-9,16-20,22-24H2,1-3H3;8-13,19,25,35-36H,2-7,14-18,20H2,1H3;1H;(H2,1,4,5)(H2,2,3,6)/t;25-,27-;;/m.1../s1. The van der Waals surface area contributed by atoms with Crippen molar-refractivity contribution in [3.63, 3.8) is 0 Å². The Morgan fingerprint density at radius 2 is 0.879 bits per heavy atom. The van der Waals surface area contributed by atoms with Crippen LogP contribution in [0.4, 0.5) is 43.9 Å². The fourth-order valence-electron chi connectivity index (χ4n) is 10.3. The Labute approximate surface area is 551 Å². The van der Waals surface area contributed by atoms with Gasteiger partial charge < -0.3 is 50.3 Å². The molecule has 4 aromatic rings. The molecule has 0 fully saturated rings. The highest BCUT2D eigenvalue weighted by Crippen LogP contribution is 2.54. The van der Waals surface area contributed by atoms with Crippen LogP contribution in [0, 0.1) is 0 Å². The van der Waals surface area contributed by atoms with Gasteiger partial charge in [-0.05, 0) is 180 Å². The summed E-state index contributed by atoms with van der Waals surface area (Å²) < 4.78 is 158. The molecule has 4 aromatic carbocycles. The first-order chi connectivity index (χ1) is 42.9. The Morgan fingerprint density at radius 1 is 0.505 bits per heavy atom. The molecular formula is C62H87ClF10N6O8S4. The summed E-state index contributed by atoms with van der Waals surface area (Å²) in [5.41, 5.74) is 4.79. The lowest BCUT2D eigenvalue weighted by Gasteiger charge is -2.43. The number of unbranched alkanes of at least 4 members (excludes halogenated alkanes) is 4. The number of benzene rings is 4. The number of rotatable bonds is 37. The van der Waals surface area contributed by atoms with E-state index < -0.39 is 37.0 Å². The van der Waals surface area contributed by atoms with Crippen LogP contribution >= 0.6 is 59.5 Å². The maximum absolute atomic E-state index is 13.0. The predicted octanol–water partition coefficient (Wildman–Crippen LogP) is 18.4. The third-order valence-corrected chi connectivity index (χ3v) is 20.4. The molecule has 0 saturated carbocycles. The summed E-state index contributed by atoms with van der Waals surface area (Å²) in [5, 5.41) is 30.8. The number of methoxy groups -OCH3 is 2. The van der Waals surface area contributed by atoms with E-state index in [1.54, 1.807) is 44.2 Å². The topological polar surface area (TPSA) is 197 Å². The molecular weight excluding hydrogens is 1310 g/mol. The first kappa shape index (κ1) is 80.9. The molecule has 2 aliphatic rings. The molecule has 6 rings (SSSR count). The van der Waals surface area contributed by atoms with Crippen molar-refractivity contribution in [2.24, 2.45) is 32.6 Å². The van der Waals surface area contributed by atoms with Crippen molar-refractivity contribution >= 4 is 59.5 Å². The fraction of sp³-hybridized carbons (Fsp3) is 0.613. The van der Waals surface area contributed by atoms with Gasteiger partial charge in [-0.3, -0.25) is 0 Å². The Balaban J connectivity index is 0.000000435. The average Bonchev–Trinajstić information content (AvgIpc) is 0.787. The van der Waals surface area contributed by atoms with E-state index >= 15 is 0 Å². The summed E-state index contributed by atoms with van der Waals surface area (Å²) >= 11 is 6.40. The highest BCUT2D eigenvalue weighted by Gasteiger charge is 2.57. The maximum Gasteiger partial charge on any atom is 0.453 e. The van der Waals surface area contributed by atoms with Crippen molar-refractivity contribution in [2.75, 3.05) is 88.8 Å². The van der Waals surface area contributed by atoms with Gasteiger partial charge in [0.2, 0.25) is 0 Å². The molecule has 2 aliphatic heterocycles. The zero-order valence-electron chi connectivity index (χ0n) is 51.7. The quantitative estimate of drug-likeness (QED) is 0.00831. The number of phenols is 2. The number of nitrogens with two attached hydrogens (primary N) is 2. The number of fused-ring (bicyclic) bond motifs is 2. The van der Waals surface area contributed by atoms with Crippen molar-refractivity contribution < 1.29 is 82.5 Å². The number of hydrogen-bond acceptors (Lipinski definition) is 14. The van der Waals surface area contributed by atoms with E-state index in [-0.39, 0.29) is 72.8 Å². The number of nitrogens with zero attached hydrogens (tertiary/aromatic N) is 4. The summed E-state index contributed by atoms with van der Waals surface area (Å²) in [5.74, 6) is 6.16. The van der Waals surface area contributed by atoms with Gasteiger partial charge in [-0.2, -0.15) is 67.4 Å². The largest absolute Gasteiger partial charge is 0.508 e. The van der Waals surface area contributed by atoms with Crippen LogP contribution in [-0.2, 0) is 29.8 Å². The molecule has 29 heteroatoms. The van der Waals surface area contributed by atoms with E-state index in [1.165, 1.54) is 50.7 Å². The van der Waals surface area contributed by atoms with E-state index in [1.807, 2.05) is 54.2 Å². The van der Waals surface area contributed by atoms with Crippen molar-refractivity contribution in [3.8, 4) is 23.0 Å². The summed E-state index contributed by atoms with van der Waals surface area (Å²) in [4.78, 5) is 2.34. The zero-order chi connectivity index (χ0) is 66.1. The van der Waals surface area contributed by atoms with Crippen LogP contribution < -0.4 is 21.2 Å². The fourth-order valence-corrected chi connectivity index (χ4v) is 15.0. The molecule has 2 unspecified atom stereocenters. The molecule has 0 amide bonds. The number of aromatic hydroxyl groups is 2. The van der Waals surface area contributed by atoms with Crippen LogP contribution in [0.5, 0.6) is 23.0 Å². The van der Waals surface area contributed by atoms with Gasteiger partial charge in [0.15, 0.2) is 13.6 Å². The molecule has 91 heavy (non-hydrogen) atoms. The Morgan fingerprint density at radius 3 is 1.31 bits per heavy atom. The third kappa shape index (κ3) is 27.2. The summed E-state index contributed by atoms with van der Waals surface area (Å²) in [7, 11) is 3.20. The van der Waals surface area contributed by atoms with E-state index in [9.17, 15) is 54.1 Å². The number of alkyl halides is 10. The third-order valence-electron chi connectivity index (χ3n) is 15.3. The predicted molar refractivity (Wildman–Crippen MR) is 344 cm³/mol. The molecule has 0 aromatic heterocycles. The number of thioether (sulfide) groups is 4. The second kappa shape index (κ2) is 41.5. The van der Waals surface area contributed by atoms with Crippen LogP contribution in [0.15, 0.2) is 116 Å². The first-order valence-corrected chi connectivity index (χ1v) is 33.9. The minimum Gasteiger partial charge on any atom is -0.508 e. The minimum absolute atomic E-state index is 0. The molecule has 0 radical (unpaired) electrons.